The summed E-state index contributed by atoms with van der Waals surface area (Å²) in [6.07, 6.45) is 0. The van der Waals surface area contributed by atoms with E-state index in [1.165, 1.54) is 6.07 Å². The van der Waals surface area contributed by atoms with Crippen LogP contribution in [0.5, 0.6) is 0 Å². The molecule has 0 aliphatic carbocycles. The predicted octanol–water partition coefficient (Wildman–Crippen LogP) is 4.28. The van der Waals surface area contributed by atoms with E-state index in [0.717, 1.165) is 0 Å². The van der Waals surface area contributed by atoms with Crippen molar-refractivity contribution in [1.29, 1.82) is 0 Å². The summed E-state index contributed by atoms with van der Waals surface area (Å²) in [5, 5.41) is 3.77. The molecule has 1 aliphatic heterocycles. The van der Waals surface area contributed by atoms with Gasteiger partial charge in [0.15, 0.2) is 0 Å². The molecule has 2 aromatic rings. The van der Waals surface area contributed by atoms with Crippen molar-refractivity contribution in [2.24, 2.45) is 0 Å². The molecule has 1 atom stereocenters. The average Bonchev–Trinajstić information content (AvgIpc) is 2.64. The first-order valence-corrected chi connectivity index (χ1v) is 9.21. The Hall–Kier alpha value is -1.82. The summed E-state index contributed by atoms with van der Waals surface area (Å²) in [6.45, 7) is 4.55. The number of carbonyl (C=O) groups is 1. The number of nitrogens with zero attached hydrogens (tertiary/aromatic N) is 2. The van der Waals surface area contributed by atoms with E-state index < -0.39 is 0 Å². The van der Waals surface area contributed by atoms with E-state index in [2.05, 4.69) is 10.2 Å². The number of hydrogen-bond donors (Lipinski definition) is 1. The fraction of sp³-hybridized carbons (Fsp3) is 0.316. The molecule has 1 saturated heterocycles. The lowest BCUT2D eigenvalue weighted by atomic mass is 10.2. The van der Waals surface area contributed by atoms with Crippen LogP contribution in [0.1, 0.15) is 6.92 Å². The van der Waals surface area contributed by atoms with E-state index in [4.69, 9.17) is 23.2 Å². The van der Waals surface area contributed by atoms with Gasteiger partial charge in [0, 0.05) is 31.2 Å². The fourth-order valence-electron chi connectivity index (χ4n) is 3.05. The number of anilines is 2. The Morgan fingerprint density at radius 3 is 2.46 bits per heavy atom. The molecule has 26 heavy (non-hydrogen) atoms. The number of para-hydroxylation sites is 1. The summed E-state index contributed by atoms with van der Waals surface area (Å²) in [5.41, 5.74) is 1.15. The van der Waals surface area contributed by atoms with Crippen molar-refractivity contribution >= 4 is 40.5 Å². The molecule has 0 aromatic heterocycles. The monoisotopic (exact) mass is 395 g/mol. The zero-order valence-electron chi connectivity index (χ0n) is 14.4. The minimum Gasteiger partial charge on any atom is -0.367 e. The van der Waals surface area contributed by atoms with Crippen molar-refractivity contribution in [3.05, 3.63) is 58.3 Å². The van der Waals surface area contributed by atoms with Gasteiger partial charge in [0.1, 0.15) is 5.82 Å². The van der Waals surface area contributed by atoms with E-state index in [1.54, 1.807) is 30.3 Å². The average molecular weight is 396 g/mol. The topological polar surface area (TPSA) is 35.6 Å². The Morgan fingerprint density at radius 1 is 1.12 bits per heavy atom. The Balaban J connectivity index is 1.58. The van der Waals surface area contributed by atoms with Gasteiger partial charge in [0.25, 0.3) is 0 Å². The van der Waals surface area contributed by atoms with Gasteiger partial charge < -0.3 is 10.2 Å². The molecule has 2 aromatic carbocycles. The van der Waals surface area contributed by atoms with E-state index in [0.29, 0.717) is 47.6 Å². The van der Waals surface area contributed by atoms with Gasteiger partial charge in [-0.25, -0.2) is 4.39 Å². The maximum atomic E-state index is 13.9. The molecule has 138 valence electrons. The van der Waals surface area contributed by atoms with Crippen LogP contribution in [0.4, 0.5) is 15.8 Å². The van der Waals surface area contributed by atoms with Crippen LogP contribution in [0, 0.1) is 5.82 Å². The Kier molecular flexibility index (Phi) is 6.01. The predicted molar refractivity (Wildman–Crippen MR) is 105 cm³/mol. The highest BCUT2D eigenvalue weighted by Crippen LogP contribution is 2.26. The lowest BCUT2D eigenvalue weighted by Crippen LogP contribution is -2.53. The molecule has 1 amide bonds. The van der Waals surface area contributed by atoms with Crippen molar-refractivity contribution in [3.63, 3.8) is 0 Å². The summed E-state index contributed by atoms with van der Waals surface area (Å²) >= 11 is 12.0. The third-order valence-corrected chi connectivity index (χ3v) is 5.17. The highest BCUT2D eigenvalue weighted by molar-refractivity contribution is 6.36. The van der Waals surface area contributed by atoms with Crippen LogP contribution in [0.15, 0.2) is 42.5 Å². The van der Waals surface area contributed by atoms with Gasteiger partial charge in [-0.15, -0.1) is 0 Å². The summed E-state index contributed by atoms with van der Waals surface area (Å²) in [4.78, 5) is 16.6. The smallest absolute Gasteiger partial charge is 0.241 e. The van der Waals surface area contributed by atoms with Gasteiger partial charge in [-0.1, -0.05) is 35.3 Å². The SMILES string of the molecule is CC(C(=O)Nc1ccc(Cl)cc1Cl)N1CCN(c2ccccc2F)CC1. The van der Waals surface area contributed by atoms with E-state index in [1.807, 2.05) is 17.9 Å². The summed E-state index contributed by atoms with van der Waals surface area (Å²) < 4.78 is 13.9. The maximum Gasteiger partial charge on any atom is 0.241 e. The number of carbonyl (C=O) groups excluding carboxylic acids is 1. The first-order chi connectivity index (χ1) is 12.5. The number of benzene rings is 2. The lowest BCUT2D eigenvalue weighted by Gasteiger charge is -2.38. The first kappa shape index (κ1) is 19.0. The Bertz CT molecular complexity index is 794. The summed E-state index contributed by atoms with van der Waals surface area (Å²) in [6, 6.07) is 11.4. The van der Waals surface area contributed by atoms with Gasteiger partial charge in [0.2, 0.25) is 5.91 Å². The van der Waals surface area contributed by atoms with Crippen molar-refractivity contribution < 1.29 is 9.18 Å². The van der Waals surface area contributed by atoms with Gasteiger partial charge in [-0.05, 0) is 37.3 Å². The molecule has 1 aliphatic rings. The van der Waals surface area contributed by atoms with Crippen LogP contribution in [0.25, 0.3) is 0 Å². The Labute approximate surface area is 162 Å². The second-order valence-corrected chi connectivity index (χ2v) is 7.11. The van der Waals surface area contributed by atoms with Crippen LogP contribution < -0.4 is 10.2 Å². The van der Waals surface area contributed by atoms with Gasteiger partial charge in [0.05, 0.1) is 22.4 Å². The van der Waals surface area contributed by atoms with Crippen molar-refractivity contribution in [1.82, 2.24) is 4.90 Å². The van der Waals surface area contributed by atoms with E-state index >= 15 is 0 Å². The first-order valence-electron chi connectivity index (χ1n) is 8.45. The maximum absolute atomic E-state index is 13.9. The number of halogens is 3. The minimum atomic E-state index is -0.315. The fourth-order valence-corrected chi connectivity index (χ4v) is 3.51. The van der Waals surface area contributed by atoms with Crippen LogP contribution >= 0.6 is 23.2 Å². The minimum absolute atomic E-state index is 0.131. The van der Waals surface area contributed by atoms with Crippen LogP contribution in [0.2, 0.25) is 10.0 Å². The molecule has 4 nitrogen and oxygen atoms in total. The zero-order valence-corrected chi connectivity index (χ0v) is 15.9. The molecule has 0 bridgehead atoms. The standard InChI is InChI=1S/C19H20Cl2FN3O/c1-13(19(26)23-17-7-6-14(20)12-15(17)21)24-8-10-25(11-9-24)18-5-3-2-4-16(18)22/h2-7,12-13H,8-11H2,1H3,(H,23,26). The third kappa shape index (κ3) is 4.29. The van der Waals surface area contributed by atoms with Crippen LogP contribution in [-0.4, -0.2) is 43.0 Å². The molecule has 1 heterocycles. The highest BCUT2D eigenvalue weighted by atomic mass is 35.5. The molecule has 0 spiro atoms. The number of nitrogens with one attached hydrogen (secondary N) is 1. The van der Waals surface area contributed by atoms with Crippen LogP contribution in [0.3, 0.4) is 0 Å². The number of rotatable bonds is 4. The molecule has 3 rings (SSSR count). The molecule has 0 saturated carbocycles. The number of amides is 1. The normalized spacial score (nSPS) is 16.4. The molecule has 1 fully saturated rings. The third-order valence-electron chi connectivity index (χ3n) is 4.62. The second kappa shape index (κ2) is 8.25. The number of hydrogen-bond acceptors (Lipinski definition) is 3. The Morgan fingerprint density at radius 2 is 1.81 bits per heavy atom. The van der Waals surface area contributed by atoms with Crippen molar-refractivity contribution in [2.45, 2.75) is 13.0 Å². The van der Waals surface area contributed by atoms with Crippen molar-refractivity contribution in [3.8, 4) is 0 Å². The van der Waals surface area contributed by atoms with E-state index in [9.17, 15) is 9.18 Å². The van der Waals surface area contributed by atoms with Gasteiger partial charge in [-0.2, -0.15) is 0 Å². The molecule has 1 N–H and O–H groups in total. The molecule has 7 heteroatoms. The van der Waals surface area contributed by atoms with Crippen molar-refractivity contribution in [2.75, 3.05) is 36.4 Å². The molecular weight excluding hydrogens is 376 g/mol. The lowest BCUT2D eigenvalue weighted by molar-refractivity contribution is -0.120. The van der Waals surface area contributed by atoms with Gasteiger partial charge >= 0.3 is 0 Å². The number of piperazine rings is 1. The summed E-state index contributed by atoms with van der Waals surface area (Å²) in [5.74, 6) is -0.349. The van der Waals surface area contributed by atoms with Crippen LogP contribution in [-0.2, 0) is 4.79 Å². The highest BCUT2D eigenvalue weighted by Gasteiger charge is 2.26. The molecular formula is C19H20Cl2FN3O. The quantitative estimate of drug-likeness (QED) is 0.838. The van der Waals surface area contributed by atoms with Gasteiger partial charge in [-0.3, -0.25) is 9.69 Å². The molecule has 0 radical (unpaired) electrons. The summed E-state index contributed by atoms with van der Waals surface area (Å²) in [7, 11) is 0. The largest absolute Gasteiger partial charge is 0.367 e. The second-order valence-electron chi connectivity index (χ2n) is 6.26. The van der Waals surface area contributed by atoms with E-state index in [-0.39, 0.29) is 17.8 Å². The molecule has 1 unspecified atom stereocenters. The zero-order chi connectivity index (χ0) is 18.7.